The molecule has 19 heavy (non-hydrogen) atoms. The summed E-state index contributed by atoms with van der Waals surface area (Å²) in [5, 5.41) is 10.3. The first-order valence-corrected chi connectivity index (χ1v) is 6.79. The van der Waals surface area contributed by atoms with Gasteiger partial charge in [0.05, 0.1) is 6.42 Å². The van der Waals surface area contributed by atoms with Crippen molar-refractivity contribution in [3.05, 3.63) is 0 Å². The number of carboxylic acid groups (broad SMARTS) is 1. The zero-order valence-corrected chi connectivity index (χ0v) is 12.5. The first kappa shape index (κ1) is 18.5. The summed E-state index contributed by atoms with van der Waals surface area (Å²) in [6.45, 7) is 6.45. The van der Waals surface area contributed by atoms with E-state index in [4.69, 9.17) is 4.74 Å². The number of aliphatic carboxylic acids is 1. The molecule has 1 rings (SSSR count). The minimum Gasteiger partial charge on any atom is -0.550 e. The van der Waals surface area contributed by atoms with Crippen LogP contribution in [0.25, 0.3) is 0 Å². The molecule has 1 aliphatic carbocycles. The van der Waals surface area contributed by atoms with Gasteiger partial charge in [0.1, 0.15) is 6.10 Å². The molecule has 0 aromatic rings. The van der Waals surface area contributed by atoms with Crippen LogP contribution in [0.3, 0.4) is 0 Å². The van der Waals surface area contributed by atoms with Gasteiger partial charge in [-0.25, -0.2) is 0 Å². The molecule has 0 aromatic heterocycles. The third-order valence-corrected chi connectivity index (χ3v) is 3.78. The standard InChI is InChI=1S/C14H24O4.Li/c1-9(2)11-5-4-10(3)8-12(11)18-14(17)7-6-13(15)16;/h9-12H,4-8H2,1-3H3,(H,15,16);/q;+1/p-1. The molecule has 3 unspecified atom stereocenters. The van der Waals surface area contributed by atoms with E-state index in [1.54, 1.807) is 0 Å². The van der Waals surface area contributed by atoms with Crippen molar-refractivity contribution in [1.82, 2.24) is 0 Å². The predicted octanol–water partition coefficient (Wildman–Crippen LogP) is -1.48. The Balaban J connectivity index is 0.00000324. The van der Waals surface area contributed by atoms with Crippen molar-refractivity contribution in [3.63, 3.8) is 0 Å². The molecule has 0 radical (unpaired) electrons. The second-order valence-electron chi connectivity index (χ2n) is 5.73. The molecule has 0 N–H and O–H groups in total. The largest absolute Gasteiger partial charge is 1.00 e. The van der Waals surface area contributed by atoms with Crippen LogP contribution in [0.15, 0.2) is 0 Å². The molecule has 1 aliphatic rings. The topological polar surface area (TPSA) is 66.4 Å². The summed E-state index contributed by atoms with van der Waals surface area (Å²) in [7, 11) is 0. The van der Waals surface area contributed by atoms with Crippen LogP contribution in [-0.4, -0.2) is 18.0 Å². The maximum Gasteiger partial charge on any atom is 1.00 e. The van der Waals surface area contributed by atoms with E-state index in [1.165, 1.54) is 6.42 Å². The molecule has 0 saturated heterocycles. The van der Waals surface area contributed by atoms with Crippen molar-refractivity contribution in [2.24, 2.45) is 17.8 Å². The molecule has 0 spiro atoms. The molecule has 0 aliphatic heterocycles. The van der Waals surface area contributed by atoms with Crippen molar-refractivity contribution in [1.29, 1.82) is 0 Å². The molecular formula is C14H23LiO4. The number of rotatable bonds is 5. The van der Waals surface area contributed by atoms with Gasteiger partial charge in [0.15, 0.2) is 0 Å². The first-order valence-electron chi connectivity index (χ1n) is 6.79. The summed E-state index contributed by atoms with van der Waals surface area (Å²) in [4.78, 5) is 21.9. The summed E-state index contributed by atoms with van der Waals surface area (Å²) in [6.07, 6.45) is 2.75. The third kappa shape index (κ3) is 6.49. The normalized spacial score (nSPS) is 26.6. The zero-order chi connectivity index (χ0) is 13.7. The van der Waals surface area contributed by atoms with Crippen LogP contribution >= 0.6 is 0 Å². The van der Waals surface area contributed by atoms with Crippen molar-refractivity contribution in [2.45, 2.75) is 59.0 Å². The minimum absolute atomic E-state index is 0. The van der Waals surface area contributed by atoms with E-state index in [0.29, 0.717) is 17.8 Å². The second kappa shape index (κ2) is 8.66. The fourth-order valence-electron chi connectivity index (χ4n) is 2.68. The smallest absolute Gasteiger partial charge is 0.550 e. The number of hydrogen-bond donors (Lipinski definition) is 0. The number of carbonyl (C=O) groups excluding carboxylic acids is 2. The van der Waals surface area contributed by atoms with Gasteiger partial charge in [-0.05, 0) is 37.0 Å². The first-order chi connectivity index (χ1) is 8.40. The zero-order valence-electron chi connectivity index (χ0n) is 12.5. The predicted molar refractivity (Wildman–Crippen MR) is 65.5 cm³/mol. The Hall–Kier alpha value is -0.463. The molecular weight excluding hydrogens is 239 g/mol. The Morgan fingerprint density at radius 1 is 1.26 bits per heavy atom. The Bertz CT molecular complexity index is 304. The molecule has 1 fully saturated rings. The molecule has 0 heterocycles. The van der Waals surface area contributed by atoms with Crippen LogP contribution in [0.1, 0.15) is 52.9 Å². The Kier molecular flexibility index (Phi) is 8.45. The average molecular weight is 262 g/mol. The number of carbonyl (C=O) groups is 2. The van der Waals surface area contributed by atoms with Crippen molar-refractivity contribution < 1.29 is 38.3 Å². The van der Waals surface area contributed by atoms with Gasteiger partial charge in [-0.15, -0.1) is 0 Å². The number of carboxylic acids is 1. The fourth-order valence-corrected chi connectivity index (χ4v) is 2.68. The number of hydrogen-bond acceptors (Lipinski definition) is 4. The molecule has 4 nitrogen and oxygen atoms in total. The van der Waals surface area contributed by atoms with Crippen LogP contribution in [0.2, 0.25) is 0 Å². The SMILES string of the molecule is CC1CCC(C(C)C)C(OC(=O)CCC(=O)[O-])C1.[Li+]. The van der Waals surface area contributed by atoms with Gasteiger partial charge in [0, 0.05) is 5.97 Å². The molecule has 1 saturated carbocycles. The Labute approximate surface area is 127 Å². The molecule has 0 bridgehead atoms. The van der Waals surface area contributed by atoms with Crippen molar-refractivity contribution in [2.75, 3.05) is 0 Å². The van der Waals surface area contributed by atoms with Gasteiger partial charge in [-0.3, -0.25) is 4.79 Å². The van der Waals surface area contributed by atoms with Crippen molar-refractivity contribution in [3.8, 4) is 0 Å². The van der Waals surface area contributed by atoms with Gasteiger partial charge in [-0.2, -0.15) is 0 Å². The van der Waals surface area contributed by atoms with Gasteiger partial charge >= 0.3 is 24.8 Å². The Morgan fingerprint density at radius 3 is 2.42 bits per heavy atom. The third-order valence-electron chi connectivity index (χ3n) is 3.78. The summed E-state index contributed by atoms with van der Waals surface area (Å²) >= 11 is 0. The van der Waals surface area contributed by atoms with E-state index in [1.807, 2.05) is 0 Å². The van der Waals surface area contributed by atoms with Gasteiger partial charge in [0.2, 0.25) is 0 Å². The van der Waals surface area contributed by atoms with Crippen LogP contribution in [0, 0.1) is 17.8 Å². The van der Waals surface area contributed by atoms with E-state index < -0.39 is 11.9 Å². The van der Waals surface area contributed by atoms with E-state index in [-0.39, 0.29) is 37.8 Å². The summed E-state index contributed by atoms with van der Waals surface area (Å²) in [5.41, 5.74) is 0. The van der Waals surface area contributed by atoms with E-state index >= 15 is 0 Å². The molecule has 0 amide bonds. The van der Waals surface area contributed by atoms with Gasteiger partial charge < -0.3 is 14.6 Å². The van der Waals surface area contributed by atoms with E-state index in [0.717, 1.165) is 12.8 Å². The quantitative estimate of drug-likeness (QED) is 0.448. The van der Waals surface area contributed by atoms with Crippen LogP contribution in [0.4, 0.5) is 0 Å². The minimum atomic E-state index is -1.20. The van der Waals surface area contributed by atoms with Crippen LogP contribution < -0.4 is 24.0 Å². The van der Waals surface area contributed by atoms with Crippen molar-refractivity contribution >= 4 is 11.9 Å². The van der Waals surface area contributed by atoms with Gasteiger partial charge in [0.25, 0.3) is 0 Å². The maximum absolute atomic E-state index is 11.6. The second-order valence-corrected chi connectivity index (χ2v) is 5.73. The summed E-state index contributed by atoms with van der Waals surface area (Å²) in [5.74, 6) is -0.170. The van der Waals surface area contributed by atoms with Crippen LogP contribution in [-0.2, 0) is 14.3 Å². The molecule has 0 aromatic carbocycles. The summed E-state index contributed by atoms with van der Waals surface area (Å²) in [6, 6.07) is 0. The van der Waals surface area contributed by atoms with Crippen LogP contribution in [0.5, 0.6) is 0 Å². The molecule has 104 valence electrons. The molecule has 5 heteroatoms. The average Bonchev–Trinajstić information content (AvgIpc) is 2.26. The monoisotopic (exact) mass is 262 g/mol. The molecule has 3 atom stereocenters. The maximum atomic E-state index is 11.6. The number of esters is 1. The fraction of sp³-hybridized carbons (Fsp3) is 0.857. The summed E-state index contributed by atoms with van der Waals surface area (Å²) < 4.78 is 5.46. The van der Waals surface area contributed by atoms with E-state index in [9.17, 15) is 14.7 Å². The Morgan fingerprint density at radius 2 is 1.89 bits per heavy atom. The number of ether oxygens (including phenoxy) is 1. The van der Waals surface area contributed by atoms with E-state index in [2.05, 4.69) is 20.8 Å². The van der Waals surface area contributed by atoms with Gasteiger partial charge in [-0.1, -0.05) is 27.2 Å².